The Morgan fingerprint density at radius 3 is 2.80 bits per heavy atom. The lowest BCUT2D eigenvalue weighted by Crippen LogP contribution is -2.19. The minimum Gasteiger partial charge on any atom is -0.239 e. The van der Waals surface area contributed by atoms with Crippen molar-refractivity contribution < 1.29 is 4.39 Å². The zero-order valence-corrected chi connectivity index (χ0v) is 6.52. The Bertz CT molecular complexity index is 179. The maximum absolute atomic E-state index is 13.3. The molecule has 0 N–H and O–H groups in total. The normalized spacial score (nSPS) is 32.1. The van der Waals surface area contributed by atoms with E-state index < -0.39 is 5.67 Å². The van der Waals surface area contributed by atoms with Gasteiger partial charge in [0, 0.05) is 6.42 Å². The predicted octanol–water partition coefficient (Wildman–Crippen LogP) is 3.01. The highest BCUT2D eigenvalue weighted by Gasteiger charge is 2.23. The van der Waals surface area contributed by atoms with Gasteiger partial charge in [-0.2, -0.15) is 0 Å². The third kappa shape index (κ3) is 1.47. The van der Waals surface area contributed by atoms with E-state index in [1.807, 2.05) is 26.0 Å². The Morgan fingerprint density at radius 2 is 2.40 bits per heavy atom. The minimum absolute atomic E-state index is 0.547. The molecule has 56 valence electrons. The van der Waals surface area contributed by atoms with Gasteiger partial charge in [0.2, 0.25) is 0 Å². The monoisotopic (exact) mass is 140 g/mol. The molecule has 1 unspecified atom stereocenters. The largest absolute Gasteiger partial charge is 0.239 e. The van der Waals surface area contributed by atoms with Crippen LogP contribution in [-0.4, -0.2) is 5.67 Å². The first-order valence-corrected chi connectivity index (χ1v) is 3.71. The summed E-state index contributed by atoms with van der Waals surface area (Å²) in [6, 6.07) is 0. The van der Waals surface area contributed by atoms with Gasteiger partial charge in [-0.25, -0.2) is 4.39 Å². The third-order valence-electron chi connectivity index (χ3n) is 2.00. The van der Waals surface area contributed by atoms with E-state index >= 15 is 0 Å². The van der Waals surface area contributed by atoms with Gasteiger partial charge in [-0.05, 0) is 19.4 Å². The van der Waals surface area contributed by atoms with E-state index in [1.54, 1.807) is 6.08 Å². The highest BCUT2D eigenvalue weighted by Crippen LogP contribution is 2.27. The van der Waals surface area contributed by atoms with Gasteiger partial charge < -0.3 is 0 Å². The summed E-state index contributed by atoms with van der Waals surface area (Å²) in [5.74, 6) is 0. The molecule has 1 aliphatic carbocycles. The van der Waals surface area contributed by atoms with Crippen LogP contribution in [0.15, 0.2) is 23.8 Å². The SMILES string of the molecule is CCC1(F)C=CC(C)=CC1. The quantitative estimate of drug-likeness (QED) is 0.525. The van der Waals surface area contributed by atoms with Crippen molar-refractivity contribution in [2.45, 2.75) is 32.4 Å². The molecule has 0 bridgehead atoms. The zero-order chi connectivity index (χ0) is 7.61. The van der Waals surface area contributed by atoms with E-state index in [2.05, 4.69) is 0 Å². The van der Waals surface area contributed by atoms with Crippen LogP contribution >= 0.6 is 0 Å². The van der Waals surface area contributed by atoms with Crippen molar-refractivity contribution in [2.24, 2.45) is 0 Å². The molecule has 0 aliphatic heterocycles. The van der Waals surface area contributed by atoms with Crippen LogP contribution in [0.2, 0.25) is 0 Å². The van der Waals surface area contributed by atoms with Crippen molar-refractivity contribution in [1.29, 1.82) is 0 Å². The van der Waals surface area contributed by atoms with Crippen LogP contribution in [0.3, 0.4) is 0 Å². The fourth-order valence-electron chi connectivity index (χ4n) is 1.01. The van der Waals surface area contributed by atoms with Gasteiger partial charge in [-0.1, -0.05) is 24.6 Å². The third-order valence-corrected chi connectivity index (χ3v) is 2.00. The molecule has 0 aromatic rings. The summed E-state index contributed by atoms with van der Waals surface area (Å²) in [6.07, 6.45) is 6.60. The smallest absolute Gasteiger partial charge is 0.132 e. The number of hydrogen-bond acceptors (Lipinski definition) is 0. The molecule has 0 amide bonds. The number of rotatable bonds is 1. The standard InChI is InChI=1S/C9H13F/c1-3-9(10)6-4-8(2)5-7-9/h4-6H,3,7H2,1-2H3. The van der Waals surface area contributed by atoms with Gasteiger partial charge in [0.15, 0.2) is 0 Å². The van der Waals surface area contributed by atoms with Crippen molar-refractivity contribution in [3.05, 3.63) is 23.8 Å². The highest BCUT2D eigenvalue weighted by molar-refractivity contribution is 5.25. The first-order chi connectivity index (χ1) is 4.66. The van der Waals surface area contributed by atoms with Crippen LogP contribution in [0.4, 0.5) is 4.39 Å². The number of hydrogen-bond donors (Lipinski definition) is 0. The molecule has 0 heterocycles. The van der Waals surface area contributed by atoms with Crippen molar-refractivity contribution in [1.82, 2.24) is 0 Å². The average Bonchev–Trinajstić information content (AvgIpc) is 1.96. The summed E-state index contributed by atoms with van der Waals surface area (Å²) in [5, 5.41) is 0. The minimum atomic E-state index is -1.06. The molecule has 0 radical (unpaired) electrons. The summed E-state index contributed by atoms with van der Waals surface area (Å²) in [6.45, 7) is 3.87. The van der Waals surface area contributed by atoms with Gasteiger partial charge in [-0.15, -0.1) is 0 Å². The molecular formula is C9H13F. The van der Waals surface area contributed by atoms with Crippen molar-refractivity contribution >= 4 is 0 Å². The van der Waals surface area contributed by atoms with Gasteiger partial charge >= 0.3 is 0 Å². The Balaban J connectivity index is 2.67. The van der Waals surface area contributed by atoms with Gasteiger partial charge in [-0.3, -0.25) is 0 Å². The Hall–Kier alpha value is -0.590. The second kappa shape index (κ2) is 2.57. The molecule has 0 spiro atoms. The van der Waals surface area contributed by atoms with Crippen LogP contribution in [0, 0.1) is 0 Å². The maximum atomic E-state index is 13.3. The molecule has 0 nitrogen and oxygen atoms in total. The van der Waals surface area contributed by atoms with Crippen molar-refractivity contribution in [2.75, 3.05) is 0 Å². The molecule has 1 atom stereocenters. The molecule has 0 saturated heterocycles. The molecule has 0 saturated carbocycles. The number of alkyl halides is 1. The lowest BCUT2D eigenvalue weighted by atomic mass is 9.92. The Labute approximate surface area is 61.4 Å². The van der Waals surface area contributed by atoms with E-state index in [0.717, 1.165) is 0 Å². The molecule has 1 rings (SSSR count). The summed E-state index contributed by atoms with van der Waals surface area (Å²) < 4.78 is 13.3. The molecule has 10 heavy (non-hydrogen) atoms. The van der Waals surface area contributed by atoms with Gasteiger partial charge in [0.05, 0.1) is 0 Å². The van der Waals surface area contributed by atoms with Crippen LogP contribution in [0.25, 0.3) is 0 Å². The summed E-state index contributed by atoms with van der Waals surface area (Å²) in [4.78, 5) is 0. The second-order valence-electron chi connectivity index (χ2n) is 2.87. The zero-order valence-electron chi connectivity index (χ0n) is 6.52. The maximum Gasteiger partial charge on any atom is 0.132 e. The average molecular weight is 140 g/mol. The fourth-order valence-corrected chi connectivity index (χ4v) is 1.01. The van der Waals surface area contributed by atoms with E-state index in [4.69, 9.17) is 0 Å². The first kappa shape index (κ1) is 7.52. The van der Waals surface area contributed by atoms with E-state index in [9.17, 15) is 4.39 Å². The first-order valence-electron chi connectivity index (χ1n) is 3.71. The molecule has 0 aromatic heterocycles. The molecule has 0 fully saturated rings. The summed E-state index contributed by atoms with van der Waals surface area (Å²) in [7, 11) is 0. The molecule has 0 aromatic carbocycles. The summed E-state index contributed by atoms with van der Waals surface area (Å²) >= 11 is 0. The Morgan fingerprint density at radius 1 is 1.70 bits per heavy atom. The van der Waals surface area contributed by atoms with Crippen molar-refractivity contribution in [3.63, 3.8) is 0 Å². The molecule has 1 aliphatic rings. The molecular weight excluding hydrogens is 127 g/mol. The fraction of sp³-hybridized carbons (Fsp3) is 0.556. The van der Waals surface area contributed by atoms with E-state index in [1.165, 1.54) is 5.57 Å². The topological polar surface area (TPSA) is 0 Å². The Kier molecular flexibility index (Phi) is 1.93. The second-order valence-corrected chi connectivity index (χ2v) is 2.87. The van der Waals surface area contributed by atoms with E-state index in [-0.39, 0.29) is 0 Å². The summed E-state index contributed by atoms with van der Waals surface area (Å²) in [5.41, 5.74) is 0.112. The number of halogens is 1. The lowest BCUT2D eigenvalue weighted by Gasteiger charge is -2.20. The molecule has 1 heteroatoms. The number of allylic oxidation sites excluding steroid dienone is 4. The highest BCUT2D eigenvalue weighted by atomic mass is 19.1. The van der Waals surface area contributed by atoms with Crippen LogP contribution in [0.5, 0.6) is 0 Å². The van der Waals surface area contributed by atoms with Crippen molar-refractivity contribution in [3.8, 4) is 0 Å². The van der Waals surface area contributed by atoms with Crippen LogP contribution < -0.4 is 0 Å². The van der Waals surface area contributed by atoms with Gasteiger partial charge in [0.25, 0.3) is 0 Å². The van der Waals surface area contributed by atoms with Crippen LogP contribution in [-0.2, 0) is 0 Å². The lowest BCUT2D eigenvalue weighted by molar-refractivity contribution is 0.223. The van der Waals surface area contributed by atoms with E-state index in [0.29, 0.717) is 12.8 Å². The van der Waals surface area contributed by atoms with Crippen LogP contribution in [0.1, 0.15) is 26.7 Å². The predicted molar refractivity (Wildman–Crippen MR) is 41.6 cm³/mol. The van der Waals surface area contributed by atoms with Gasteiger partial charge in [0.1, 0.15) is 5.67 Å².